The predicted molar refractivity (Wildman–Crippen MR) is 81.5 cm³/mol. The second-order valence-corrected chi connectivity index (χ2v) is 5.88. The van der Waals surface area contributed by atoms with Gasteiger partial charge >= 0.3 is 0 Å². The maximum Gasteiger partial charge on any atom is 0.168 e. The molecule has 0 atom stereocenters. The van der Waals surface area contributed by atoms with Crippen LogP contribution in [0, 0.1) is 0 Å². The summed E-state index contributed by atoms with van der Waals surface area (Å²) in [5, 5.41) is 12.1. The van der Waals surface area contributed by atoms with Crippen LogP contribution in [-0.2, 0) is 13.0 Å². The smallest absolute Gasteiger partial charge is 0.168 e. The van der Waals surface area contributed by atoms with E-state index in [1.165, 1.54) is 16.7 Å². The van der Waals surface area contributed by atoms with Gasteiger partial charge < -0.3 is 5.32 Å². The summed E-state index contributed by atoms with van der Waals surface area (Å²) in [7, 11) is 0. The number of pyridine rings is 1. The van der Waals surface area contributed by atoms with Crippen LogP contribution in [0.1, 0.15) is 11.1 Å². The van der Waals surface area contributed by atoms with Crippen LogP contribution >= 0.6 is 15.9 Å². The zero-order chi connectivity index (χ0) is 13.5. The fourth-order valence-corrected chi connectivity index (χ4v) is 3.13. The number of nitrogens with zero attached hydrogens (tertiary/aromatic N) is 3. The third kappa shape index (κ3) is 1.85. The lowest BCUT2D eigenvalue weighted by Crippen LogP contribution is -2.24. The molecule has 2 aromatic heterocycles. The molecule has 5 heteroatoms. The first kappa shape index (κ1) is 12.1. The van der Waals surface area contributed by atoms with Crippen molar-refractivity contribution >= 4 is 21.6 Å². The van der Waals surface area contributed by atoms with Crippen LogP contribution in [0.4, 0.5) is 0 Å². The number of halogens is 1. The van der Waals surface area contributed by atoms with Crippen molar-refractivity contribution in [1.29, 1.82) is 0 Å². The molecule has 100 valence electrons. The van der Waals surface area contributed by atoms with E-state index in [9.17, 15) is 0 Å². The van der Waals surface area contributed by atoms with E-state index in [-0.39, 0.29) is 0 Å². The number of rotatable bonds is 1. The van der Waals surface area contributed by atoms with Crippen LogP contribution in [0.3, 0.4) is 0 Å². The summed E-state index contributed by atoms with van der Waals surface area (Å²) in [5.41, 5.74) is 4.81. The summed E-state index contributed by atoms with van der Waals surface area (Å²) in [6.07, 6.45) is 3.06. The molecule has 0 radical (unpaired) electrons. The summed E-state index contributed by atoms with van der Waals surface area (Å²) in [5.74, 6) is 0.917. The Labute approximate surface area is 125 Å². The molecule has 0 bridgehead atoms. The molecule has 0 spiro atoms. The molecule has 1 aliphatic rings. The molecular formula is C15H13BrN4. The summed E-state index contributed by atoms with van der Waals surface area (Å²) in [6.45, 7) is 1.95. The minimum Gasteiger partial charge on any atom is -0.312 e. The Bertz CT molecular complexity index is 794. The zero-order valence-corrected chi connectivity index (χ0v) is 12.4. The Kier molecular flexibility index (Phi) is 2.82. The van der Waals surface area contributed by atoms with Crippen LogP contribution in [-0.4, -0.2) is 21.1 Å². The van der Waals surface area contributed by atoms with Crippen LogP contribution in [0.15, 0.2) is 41.0 Å². The largest absolute Gasteiger partial charge is 0.312 e. The Morgan fingerprint density at radius 3 is 3.05 bits per heavy atom. The molecule has 0 saturated carbocycles. The molecule has 1 aliphatic heterocycles. The molecule has 1 aromatic carbocycles. The summed E-state index contributed by atoms with van der Waals surface area (Å²) >= 11 is 3.51. The molecule has 0 unspecified atom stereocenters. The van der Waals surface area contributed by atoms with Gasteiger partial charge in [0.15, 0.2) is 11.5 Å². The first-order valence-corrected chi connectivity index (χ1v) is 7.44. The SMILES string of the molecule is Brc1ccc2nnc(-c3cccc4c3CCNC4)n2c1. The molecule has 3 heterocycles. The van der Waals surface area contributed by atoms with Gasteiger partial charge in [0.05, 0.1) is 0 Å². The van der Waals surface area contributed by atoms with Gasteiger partial charge in [-0.3, -0.25) is 4.40 Å². The van der Waals surface area contributed by atoms with Crippen LogP contribution in [0.25, 0.3) is 17.0 Å². The maximum atomic E-state index is 4.39. The molecule has 4 rings (SSSR count). The highest BCUT2D eigenvalue weighted by atomic mass is 79.9. The van der Waals surface area contributed by atoms with Gasteiger partial charge in [-0.05, 0) is 52.2 Å². The van der Waals surface area contributed by atoms with Crippen LogP contribution in [0.5, 0.6) is 0 Å². The lowest BCUT2D eigenvalue weighted by Gasteiger charge is -2.19. The predicted octanol–water partition coefficient (Wildman–Crippen LogP) is 2.80. The molecular weight excluding hydrogens is 316 g/mol. The number of nitrogens with one attached hydrogen (secondary N) is 1. The topological polar surface area (TPSA) is 42.2 Å². The van der Waals surface area contributed by atoms with Crippen LogP contribution < -0.4 is 5.32 Å². The highest BCUT2D eigenvalue weighted by Crippen LogP contribution is 2.28. The van der Waals surface area contributed by atoms with E-state index in [0.29, 0.717) is 0 Å². The molecule has 0 saturated heterocycles. The number of hydrogen-bond donors (Lipinski definition) is 1. The quantitative estimate of drug-likeness (QED) is 0.746. The van der Waals surface area contributed by atoms with Crippen molar-refractivity contribution in [3.8, 4) is 11.4 Å². The van der Waals surface area contributed by atoms with Gasteiger partial charge in [0, 0.05) is 22.8 Å². The highest BCUT2D eigenvalue weighted by molar-refractivity contribution is 9.10. The molecule has 0 amide bonds. The van der Waals surface area contributed by atoms with Gasteiger partial charge in [-0.1, -0.05) is 18.2 Å². The number of aromatic nitrogens is 3. The molecule has 20 heavy (non-hydrogen) atoms. The van der Waals surface area contributed by atoms with E-state index in [2.05, 4.69) is 49.6 Å². The van der Waals surface area contributed by atoms with E-state index in [1.54, 1.807) is 0 Å². The number of hydrogen-bond acceptors (Lipinski definition) is 3. The van der Waals surface area contributed by atoms with Crippen molar-refractivity contribution in [3.63, 3.8) is 0 Å². The zero-order valence-electron chi connectivity index (χ0n) is 10.8. The van der Waals surface area contributed by atoms with E-state index in [4.69, 9.17) is 0 Å². The van der Waals surface area contributed by atoms with Gasteiger partial charge in [-0.15, -0.1) is 10.2 Å². The minimum absolute atomic E-state index is 0.870. The van der Waals surface area contributed by atoms with Crippen molar-refractivity contribution in [1.82, 2.24) is 19.9 Å². The van der Waals surface area contributed by atoms with Gasteiger partial charge in [-0.25, -0.2) is 0 Å². The molecule has 1 N–H and O–H groups in total. The van der Waals surface area contributed by atoms with Crippen molar-refractivity contribution in [2.45, 2.75) is 13.0 Å². The standard InChI is InChI=1S/C15H13BrN4/c16-11-4-5-14-18-19-15(20(14)9-11)13-3-1-2-10-8-17-7-6-12(10)13/h1-5,9,17H,6-8H2. The third-order valence-electron chi connectivity index (χ3n) is 3.75. The van der Waals surface area contributed by atoms with E-state index in [1.807, 2.05) is 22.7 Å². The highest BCUT2D eigenvalue weighted by Gasteiger charge is 2.17. The first-order chi connectivity index (χ1) is 9.83. The molecule has 4 nitrogen and oxygen atoms in total. The Morgan fingerprint density at radius 1 is 1.15 bits per heavy atom. The minimum atomic E-state index is 0.870. The number of fused-ring (bicyclic) bond motifs is 2. The maximum absolute atomic E-state index is 4.39. The summed E-state index contributed by atoms with van der Waals surface area (Å²) < 4.78 is 3.07. The van der Waals surface area contributed by atoms with E-state index in [0.717, 1.165) is 35.5 Å². The summed E-state index contributed by atoms with van der Waals surface area (Å²) in [4.78, 5) is 0. The average molecular weight is 329 g/mol. The second kappa shape index (κ2) is 4.68. The molecule has 0 fully saturated rings. The van der Waals surface area contributed by atoms with E-state index >= 15 is 0 Å². The Balaban J connectivity index is 1.97. The van der Waals surface area contributed by atoms with Crippen molar-refractivity contribution < 1.29 is 0 Å². The van der Waals surface area contributed by atoms with Crippen molar-refractivity contribution in [2.75, 3.05) is 6.54 Å². The molecule has 3 aromatic rings. The van der Waals surface area contributed by atoms with Crippen LogP contribution in [0.2, 0.25) is 0 Å². The average Bonchev–Trinajstić information content (AvgIpc) is 2.89. The van der Waals surface area contributed by atoms with Gasteiger partial charge in [-0.2, -0.15) is 0 Å². The second-order valence-electron chi connectivity index (χ2n) is 4.97. The lowest BCUT2D eigenvalue weighted by atomic mass is 9.95. The van der Waals surface area contributed by atoms with Gasteiger partial charge in [0.2, 0.25) is 0 Å². The Hall–Kier alpha value is -1.72. The van der Waals surface area contributed by atoms with Gasteiger partial charge in [0.1, 0.15) is 0 Å². The normalized spacial score (nSPS) is 14.4. The van der Waals surface area contributed by atoms with Crippen molar-refractivity contribution in [3.05, 3.63) is 52.1 Å². The molecule has 0 aliphatic carbocycles. The van der Waals surface area contributed by atoms with E-state index < -0.39 is 0 Å². The third-order valence-corrected chi connectivity index (χ3v) is 4.22. The number of benzene rings is 1. The van der Waals surface area contributed by atoms with Crippen molar-refractivity contribution in [2.24, 2.45) is 0 Å². The lowest BCUT2D eigenvalue weighted by molar-refractivity contribution is 0.644. The monoisotopic (exact) mass is 328 g/mol. The first-order valence-electron chi connectivity index (χ1n) is 6.65. The fraction of sp³-hybridized carbons (Fsp3) is 0.200. The summed E-state index contributed by atoms with van der Waals surface area (Å²) in [6, 6.07) is 10.4. The fourth-order valence-electron chi connectivity index (χ4n) is 2.79. The Morgan fingerprint density at radius 2 is 2.10 bits per heavy atom. The van der Waals surface area contributed by atoms with Gasteiger partial charge in [0.25, 0.3) is 0 Å².